The number of pyridine rings is 1. The average Bonchev–Trinajstić information content (AvgIpc) is 2.84. The van der Waals surface area contributed by atoms with E-state index in [2.05, 4.69) is 15.6 Å². The Hall–Kier alpha value is -2.71. The highest BCUT2D eigenvalue weighted by Gasteiger charge is 2.43. The molecule has 0 saturated heterocycles. The zero-order valence-corrected chi connectivity index (χ0v) is 20.6. The van der Waals surface area contributed by atoms with Crippen LogP contribution in [0.5, 0.6) is 0 Å². The minimum Gasteiger partial charge on any atom is -0.379 e. The van der Waals surface area contributed by atoms with E-state index in [1.54, 1.807) is 24.5 Å². The molecular formula is C26H33N3O4S. The molecule has 1 fully saturated rings. The van der Waals surface area contributed by atoms with Crippen molar-refractivity contribution in [2.75, 3.05) is 17.7 Å². The van der Waals surface area contributed by atoms with Crippen molar-refractivity contribution in [3.8, 4) is 0 Å². The second kappa shape index (κ2) is 12.7. The maximum absolute atomic E-state index is 13.7. The first-order chi connectivity index (χ1) is 16.4. The molecule has 1 aromatic heterocycles. The number of anilines is 1. The van der Waals surface area contributed by atoms with Gasteiger partial charge in [-0.15, -0.1) is 0 Å². The van der Waals surface area contributed by atoms with Crippen LogP contribution in [0.4, 0.5) is 5.69 Å². The lowest BCUT2D eigenvalue weighted by Gasteiger charge is -2.39. The van der Waals surface area contributed by atoms with Crippen LogP contribution >= 0.6 is 11.8 Å². The molecular weight excluding hydrogens is 450 g/mol. The summed E-state index contributed by atoms with van der Waals surface area (Å²) in [6, 6.07) is 12.1. The van der Waals surface area contributed by atoms with Crippen molar-refractivity contribution in [2.24, 2.45) is 5.41 Å². The van der Waals surface area contributed by atoms with Crippen molar-refractivity contribution in [1.82, 2.24) is 10.3 Å². The number of hydrogen-bond donors (Lipinski definition) is 2. The first-order valence-corrected chi connectivity index (χ1v) is 12.7. The number of carbonyl (C=O) groups is 3. The standard InChI is InChI=1S/C26H33N3O4S/c1-3-33-22-11-13-26(14-12-22,18-34-19(2)30)25(32)29-23(16-20-8-7-15-27-17-20)24(31)28-21-9-5-4-6-10-21/h4-10,15,17,22-23H,3,11-14,16,18H2,1-2H3,(H,28,31)(H,29,32)/t22?,23-,26?/m0/s1. The van der Waals surface area contributed by atoms with Crippen LogP contribution in [0.2, 0.25) is 0 Å². The summed E-state index contributed by atoms with van der Waals surface area (Å²) in [6.07, 6.45) is 6.55. The van der Waals surface area contributed by atoms with E-state index >= 15 is 0 Å². The minimum atomic E-state index is -0.777. The number of para-hydroxylation sites is 1. The predicted molar refractivity (Wildman–Crippen MR) is 134 cm³/mol. The molecule has 1 saturated carbocycles. The molecule has 1 aliphatic carbocycles. The van der Waals surface area contributed by atoms with Gasteiger partial charge < -0.3 is 15.4 Å². The maximum Gasteiger partial charge on any atom is 0.247 e. The molecule has 34 heavy (non-hydrogen) atoms. The van der Waals surface area contributed by atoms with Gasteiger partial charge in [0.2, 0.25) is 11.8 Å². The van der Waals surface area contributed by atoms with Crippen LogP contribution in [0, 0.1) is 5.41 Å². The molecule has 1 aliphatic rings. The van der Waals surface area contributed by atoms with E-state index in [1.807, 2.05) is 37.3 Å². The van der Waals surface area contributed by atoms with Gasteiger partial charge in [0.05, 0.1) is 11.5 Å². The van der Waals surface area contributed by atoms with Crippen molar-refractivity contribution in [3.63, 3.8) is 0 Å². The Morgan fingerprint density at radius 2 is 1.88 bits per heavy atom. The number of carbonyl (C=O) groups excluding carboxylic acids is 3. The number of benzene rings is 1. The fraction of sp³-hybridized carbons (Fsp3) is 0.462. The monoisotopic (exact) mass is 483 g/mol. The Morgan fingerprint density at radius 1 is 1.15 bits per heavy atom. The molecule has 182 valence electrons. The van der Waals surface area contributed by atoms with Gasteiger partial charge in [0.25, 0.3) is 0 Å². The number of amides is 2. The van der Waals surface area contributed by atoms with Gasteiger partial charge in [0, 0.05) is 43.8 Å². The molecule has 0 radical (unpaired) electrons. The first-order valence-electron chi connectivity index (χ1n) is 11.7. The van der Waals surface area contributed by atoms with E-state index in [0.717, 1.165) is 18.4 Å². The van der Waals surface area contributed by atoms with Gasteiger partial charge in [-0.3, -0.25) is 19.4 Å². The fourth-order valence-corrected chi connectivity index (χ4v) is 5.15. The molecule has 8 heteroatoms. The van der Waals surface area contributed by atoms with Gasteiger partial charge in [-0.25, -0.2) is 0 Å². The normalized spacial score (nSPS) is 20.8. The lowest BCUT2D eigenvalue weighted by Crippen LogP contribution is -2.53. The van der Waals surface area contributed by atoms with Crippen molar-refractivity contribution in [3.05, 3.63) is 60.4 Å². The summed E-state index contributed by atoms with van der Waals surface area (Å²) in [5.41, 5.74) is 0.796. The number of nitrogens with zero attached hydrogens (tertiary/aromatic N) is 1. The van der Waals surface area contributed by atoms with Crippen molar-refractivity contribution in [2.45, 2.75) is 58.1 Å². The maximum atomic E-state index is 13.7. The molecule has 0 bridgehead atoms. The van der Waals surface area contributed by atoms with E-state index in [9.17, 15) is 14.4 Å². The van der Waals surface area contributed by atoms with E-state index in [1.165, 1.54) is 18.7 Å². The smallest absolute Gasteiger partial charge is 0.247 e. The third-order valence-corrected chi connectivity index (χ3v) is 7.25. The van der Waals surface area contributed by atoms with Crippen molar-refractivity contribution in [1.29, 1.82) is 0 Å². The molecule has 0 aliphatic heterocycles. The first kappa shape index (κ1) is 25.9. The largest absolute Gasteiger partial charge is 0.379 e. The summed E-state index contributed by atoms with van der Waals surface area (Å²) in [7, 11) is 0. The third kappa shape index (κ3) is 7.40. The Labute approximate surface area is 205 Å². The van der Waals surface area contributed by atoms with Gasteiger partial charge in [0.15, 0.2) is 5.12 Å². The lowest BCUT2D eigenvalue weighted by molar-refractivity contribution is -0.136. The number of thioether (sulfide) groups is 1. The molecule has 1 atom stereocenters. The third-order valence-electron chi connectivity index (χ3n) is 6.15. The molecule has 1 heterocycles. The van der Waals surface area contributed by atoms with Crippen LogP contribution in [0.15, 0.2) is 54.9 Å². The number of aromatic nitrogens is 1. The molecule has 0 unspecified atom stereocenters. The summed E-state index contributed by atoms with van der Waals surface area (Å²) >= 11 is 1.17. The number of ether oxygens (including phenoxy) is 1. The molecule has 0 spiro atoms. The highest BCUT2D eigenvalue weighted by atomic mass is 32.2. The average molecular weight is 484 g/mol. The van der Waals surface area contributed by atoms with E-state index in [-0.39, 0.29) is 23.0 Å². The topological polar surface area (TPSA) is 97.4 Å². The number of nitrogens with one attached hydrogen (secondary N) is 2. The lowest BCUT2D eigenvalue weighted by atomic mass is 9.73. The number of rotatable bonds is 10. The van der Waals surface area contributed by atoms with E-state index in [0.29, 0.717) is 37.3 Å². The summed E-state index contributed by atoms with van der Waals surface area (Å²) in [6.45, 7) is 4.12. The van der Waals surface area contributed by atoms with E-state index < -0.39 is 11.5 Å². The van der Waals surface area contributed by atoms with Crippen LogP contribution in [0.25, 0.3) is 0 Å². The highest BCUT2D eigenvalue weighted by Crippen LogP contribution is 2.40. The summed E-state index contributed by atoms with van der Waals surface area (Å²) in [5.74, 6) is -0.0819. The molecule has 1 aromatic carbocycles. The Bertz CT molecular complexity index is 947. The van der Waals surface area contributed by atoms with Gasteiger partial charge in [0.1, 0.15) is 6.04 Å². The highest BCUT2D eigenvalue weighted by molar-refractivity contribution is 8.13. The Kier molecular flexibility index (Phi) is 9.65. The molecule has 2 N–H and O–H groups in total. The van der Waals surface area contributed by atoms with Crippen LogP contribution in [-0.4, -0.2) is 46.4 Å². The van der Waals surface area contributed by atoms with Gasteiger partial charge in [-0.05, 0) is 56.4 Å². The quantitative estimate of drug-likeness (QED) is 0.530. The predicted octanol–water partition coefficient (Wildman–Crippen LogP) is 3.99. The molecule has 2 aromatic rings. The summed E-state index contributed by atoms with van der Waals surface area (Å²) < 4.78 is 5.77. The SMILES string of the molecule is CCOC1CCC(CSC(C)=O)(C(=O)N[C@@H](Cc2cccnc2)C(=O)Nc2ccccc2)CC1. The van der Waals surface area contributed by atoms with Crippen LogP contribution in [0.3, 0.4) is 0 Å². The molecule has 3 rings (SSSR count). The van der Waals surface area contributed by atoms with Crippen molar-refractivity contribution < 1.29 is 19.1 Å². The minimum absolute atomic E-state index is 0.0205. The Morgan fingerprint density at radius 3 is 2.50 bits per heavy atom. The van der Waals surface area contributed by atoms with E-state index in [4.69, 9.17) is 4.74 Å². The zero-order chi connectivity index (χ0) is 24.4. The molecule has 2 amide bonds. The number of hydrogen-bond acceptors (Lipinski definition) is 6. The van der Waals surface area contributed by atoms with Gasteiger partial charge >= 0.3 is 0 Å². The summed E-state index contributed by atoms with van der Waals surface area (Å²) in [4.78, 5) is 42.8. The van der Waals surface area contributed by atoms with Gasteiger partial charge in [-0.2, -0.15) is 0 Å². The second-order valence-electron chi connectivity index (χ2n) is 8.66. The van der Waals surface area contributed by atoms with Crippen LogP contribution in [0.1, 0.15) is 45.1 Å². The fourth-order valence-electron chi connectivity index (χ4n) is 4.25. The zero-order valence-electron chi connectivity index (χ0n) is 19.8. The van der Waals surface area contributed by atoms with Crippen LogP contribution in [-0.2, 0) is 25.5 Å². The van der Waals surface area contributed by atoms with Crippen molar-refractivity contribution >= 4 is 34.4 Å². The van der Waals surface area contributed by atoms with Gasteiger partial charge in [-0.1, -0.05) is 36.0 Å². The van der Waals surface area contributed by atoms with Crippen LogP contribution < -0.4 is 10.6 Å². The summed E-state index contributed by atoms with van der Waals surface area (Å²) in [5, 5.41) is 5.91. The Balaban J connectivity index is 1.79. The molecule has 7 nitrogen and oxygen atoms in total. The second-order valence-corrected chi connectivity index (χ2v) is 9.81.